The third-order valence-corrected chi connectivity index (χ3v) is 6.92. The first-order valence-electron chi connectivity index (χ1n) is 8.94. The highest BCUT2D eigenvalue weighted by molar-refractivity contribution is 7.56. The van der Waals surface area contributed by atoms with E-state index in [2.05, 4.69) is 50.3 Å². The highest BCUT2D eigenvalue weighted by atomic mass is 31.1. The predicted octanol–water partition coefficient (Wildman–Crippen LogP) is 3.98. The normalized spacial score (nSPS) is 30.1. The zero-order chi connectivity index (χ0) is 17.5. The van der Waals surface area contributed by atoms with Crippen LogP contribution < -0.4 is 0 Å². The summed E-state index contributed by atoms with van der Waals surface area (Å²) in [4.78, 5) is 14.7. The third kappa shape index (κ3) is 3.13. The van der Waals surface area contributed by atoms with E-state index in [1.165, 1.54) is 16.7 Å². The van der Waals surface area contributed by atoms with Crippen molar-refractivity contribution in [3.63, 3.8) is 0 Å². The van der Waals surface area contributed by atoms with Gasteiger partial charge in [-0.05, 0) is 50.9 Å². The molecule has 0 spiro atoms. The molecule has 1 aromatic rings. The van der Waals surface area contributed by atoms with Gasteiger partial charge >= 0.3 is 0 Å². The fourth-order valence-electron chi connectivity index (χ4n) is 4.47. The molecule has 1 aliphatic carbocycles. The van der Waals surface area contributed by atoms with E-state index in [9.17, 15) is 4.79 Å². The van der Waals surface area contributed by atoms with E-state index >= 15 is 0 Å². The minimum atomic E-state index is -0.206. The van der Waals surface area contributed by atoms with Crippen LogP contribution in [0.25, 0.3) is 0 Å². The molecule has 3 rings (SSSR count). The molecule has 24 heavy (non-hydrogen) atoms. The Bertz CT molecular complexity index is 630. The third-order valence-electron chi connectivity index (χ3n) is 5.80. The van der Waals surface area contributed by atoms with Crippen LogP contribution in [0.4, 0.5) is 0 Å². The minimum absolute atomic E-state index is 0.0577. The molecule has 0 N–H and O–H groups in total. The maximum absolute atomic E-state index is 12.6. The summed E-state index contributed by atoms with van der Waals surface area (Å²) in [5, 5.41) is 0. The summed E-state index contributed by atoms with van der Waals surface area (Å²) in [6.45, 7) is 9.94. The average molecular weight is 347 g/mol. The van der Waals surface area contributed by atoms with Gasteiger partial charge in [-0.3, -0.25) is 4.79 Å². The number of ether oxygens (including phenoxy) is 1. The lowest BCUT2D eigenvalue weighted by molar-refractivity contribution is -0.135. The number of hydrogen-bond donors (Lipinski definition) is 0. The Morgan fingerprint density at radius 2 is 2.12 bits per heavy atom. The summed E-state index contributed by atoms with van der Waals surface area (Å²) in [5.41, 5.74) is 3.78. The number of amides is 1. The van der Waals surface area contributed by atoms with Crippen LogP contribution in [0.2, 0.25) is 0 Å². The number of hydrogen-bond acceptors (Lipinski definition) is 2. The van der Waals surface area contributed by atoms with Crippen LogP contribution in [0, 0.1) is 12.8 Å². The summed E-state index contributed by atoms with van der Waals surface area (Å²) >= 11 is 0. The van der Waals surface area contributed by atoms with Gasteiger partial charge in [-0.1, -0.05) is 23.8 Å². The number of fused-ring (bicyclic) bond motifs is 1. The Balaban J connectivity index is 2.13. The summed E-state index contributed by atoms with van der Waals surface area (Å²) in [7, 11) is 1.78. The zero-order valence-corrected chi connectivity index (χ0v) is 16.5. The Kier molecular flexibility index (Phi) is 5.04. The van der Waals surface area contributed by atoms with E-state index in [1.54, 1.807) is 0 Å². The molecule has 1 heterocycles. The van der Waals surface area contributed by atoms with Crippen molar-refractivity contribution in [2.24, 2.45) is 5.92 Å². The molecule has 3 unspecified atom stereocenters. The second-order valence-corrected chi connectivity index (χ2v) is 10.4. The van der Waals surface area contributed by atoms with Crippen molar-refractivity contribution in [2.45, 2.75) is 44.8 Å². The molecular weight excluding hydrogens is 317 g/mol. The summed E-state index contributed by atoms with van der Waals surface area (Å²) in [5.74, 6) is 0.675. The van der Waals surface area contributed by atoms with Gasteiger partial charge in [0.1, 0.15) is 0 Å². The molecule has 1 aromatic carbocycles. The number of nitrogens with zero attached hydrogens (tertiary/aromatic N) is 1. The first kappa shape index (κ1) is 17.9. The van der Waals surface area contributed by atoms with Crippen molar-refractivity contribution in [1.29, 1.82) is 0 Å². The standard InChI is InChI=1S/C20H30NO2P/c1-14-8-9-15-12-20(2,23-3)17(13-24(4)5)19(16(15)11-14)21-10-6-7-18(21)22/h8-9,11,17,19H,6-7,10,12-13H2,1-5H3. The van der Waals surface area contributed by atoms with E-state index in [4.69, 9.17) is 4.74 Å². The van der Waals surface area contributed by atoms with Gasteiger partial charge in [-0.15, -0.1) is 7.92 Å². The van der Waals surface area contributed by atoms with Crippen LogP contribution in [0.3, 0.4) is 0 Å². The second kappa shape index (κ2) is 6.77. The van der Waals surface area contributed by atoms with Gasteiger partial charge in [0.25, 0.3) is 0 Å². The summed E-state index contributed by atoms with van der Waals surface area (Å²) < 4.78 is 6.08. The molecule has 0 bridgehead atoms. The molecular formula is C20H30NO2P. The molecule has 3 nitrogen and oxygen atoms in total. The molecule has 4 heteroatoms. The molecule has 1 amide bonds. The van der Waals surface area contributed by atoms with Gasteiger partial charge < -0.3 is 9.64 Å². The molecule has 1 saturated heterocycles. The van der Waals surface area contributed by atoms with Crippen molar-refractivity contribution < 1.29 is 9.53 Å². The average Bonchev–Trinajstić information content (AvgIpc) is 2.94. The van der Waals surface area contributed by atoms with Gasteiger partial charge in [0.2, 0.25) is 5.91 Å². The first-order chi connectivity index (χ1) is 11.4. The number of carbonyl (C=O) groups excluding carboxylic acids is 1. The van der Waals surface area contributed by atoms with Gasteiger partial charge in [-0.25, -0.2) is 0 Å². The monoisotopic (exact) mass is 347 g/mol. The number of benzene rings is 1. The highest BCUT2D eigenvalue weighted by Gasteiger charge is 2.49. The number of aryl methyl sites for hydroxylation is 1. The van der Waals surface area contributed by atoms with Gasteiger partial charge in [-0.2, -0.15) is 0 Å². The zero-order valence-electron chi connectivity index (χ0n) is 15.6. The van der Waals surface area contributed by atoms with Crippen LogP contribution in [0.5, 0.6) is 0 Å². The fraction of sp³-hybridized carbons (Fsp3) is 0.650. The molecule has 2 aliphatic rings. The number of rotatable bonds is 4. The van der Waals surface area contributed by atoms with E-state index in [-0.39, 0.29) is 19.6 Å². The van der Waals surface area contributed by atoms with Crippen LogP contribution in [-0.2, 0) is 16.0 Å². The lowest BCUT2D eigenvalue weighted by atomic mass is 9.70. The van der Waals surface area contributed by atoms with E-state index in [1.807, 2.05) is 7.11 Å². The summed E-state index contributed by atoms with van der Waals surface area (Å²) in [6.07, 6.45) is 3.76. The van der Waals surface area contributed by atoms with Crippen LogP contribution in [-0.4, -0.2) is 49.6 Å². The fourth-order valence-corrected chi connectivity index (χ4v) is 5.84. The lowest BCUT2D eigenvalue weighted by Gasteiger charge is -2.49. The van der Waals surface area contributed by atoms with E-state index in [0.29, 0.717) is 18.2 Å². The Labute approximate surface area is 147 Å². The van der Waals surface area contributed by atoms with Crippen LogP contribution in [0.1, 0.15) is 42.5 Å². The molecule has 1 aliphatic heterocycles. The molecule has 3 atom stereocenters. The van der Waals surface area contributed by atoms with Crippen molar-refractivity contribution in [3.05, 3.63) is 34.9 Å². The molecule has 132 valence electrons. The highest BCUT2D eigenvalue weighted by Crippen LogP contribution is 2.50. The number of carbonyl (C=O) groups is 1. The Morgan fingerprint density at radius 1 is 1.38 bits per heavy atom. The summed E-state index contributed by atoms with van der Waals surface area (Å²) in [6, 6.07) is 6.90. The van der Waals surface area contributed by atoms with Gasteiger partial charge in [0.15, 0.2) is 0 Å². The topological polar surface area (TPSA) is 29.5 Å². The van der Waals surface area contributed by atoms with Gasteiger partial charge in [0.05, 0.1) is 11.6 Å². The van der Waals surface area contributed by atoms with Gasteiger partial charge in [0, 0.05) is 32.4 Å². The SMILES string of the molecule is COC1(C)Cc2ccc(C)cc2C(N2CCCC2=O)C1CP(C)C. The maximum atomic E-state index is 12.6. The molecule has 0 radical (unpaired) electrons. The molecule has 0 saturated carbocycles. The molecule has 1 fully saturated rings. The minimum Gasteiger partial charge on any atom is -0.378 e. The van der Waals surface area contributed by atoms with E-state index < -0.39 is 0 Å². The maximum Gasteiger partial charge on any atom is 0.223 e. The largest absolute Gasteiger partial charge is 0.378 e. The van der Waals surface area contributed by atoms with Crippen LogP contribution >= 0.6 is 7.92 Å². The van der Waals surface area contributed by atoms with E-state index in [0.717, 1.165) is 25.5 Å². The smallest absolute Gasteiger partial charge is 0.223 e. The quantitative estimate of drug-likeness (QED) is 0.771. The lowest BCUT2D eigenvalue weighted by Crippen LogP contribution is -2.52. The second-order valence-electron chi connectivity index (χ2n) is 7.90. The number of likely N-dealkylation sites (tertiary alicyclic amines) is 1. The van der Waals surface area contributed by atoms with Crippen molar-refractivity contribution in [1.82, 2.24) is 4.90 Å². The van der Waals surface area contributed by atoms with Crippen LogP contribution in [0.15, 0.2) is 18.2 Å². The number of methoxy groups -OCH3 is 1. The Hall–Kier alpha value is -0.920. The Morgan fingerprint density at radius 3 is 2.71 bits per heavy atom. The first-order valence-corrected chi connectivity index (χ1v) is 11.4. The predicted molar refractivity (Wildman–Crippen MR) is 101 cm³/mol. The van der Waals surface area contributed by atoms with Crippen molar-refractivity contribution in [3.8, 4) is 0 Å². The van der Waals surface area contributed by atoms with Crippen molar-refractivity contribution in [2.75, 3.05) is 33.1 Å². The van der Waals surface area contributed by atoms with Crippen molar-refractivity contribution >= 4 is 13.8 Å². The molecule has 0 aromatic heterocycles.